The molecule has 0 bridgehead atoms. The number of hydrogen-bond donors (Lipinski definition) is 1. The van der Waals surface area contributed by atoms with Gasteiger partial charge in [0.2, 0.25) is 0 Å². The van der Waals surface area contributed by atoms with E-state index < -0.39 is 0 Å². The molecule has 1 unspecified atom stereocenters. The molecule has 0 fully saturated rings. The van der Waals surface area contributed by atoms with Crippen LogP contribution in [0.25, 0.3) is 5.65 Å². The summed E-state index contributed by atoms with van der Waals surface area (Å²) in [6, 6.07) is 3.97. The van der Waals surface area contributed by atoms with Gasteiger partial charge in [-0.1, -0.05) is 20.8 Å². The third-order valence-electron chi connectivity index (χ3n) is 5.56. The molecule has 3 heterocycles. The van der Waals surface area contributed by atoms with E-state index in [1.807, 2.05) is 36.6 Å². The van der Waals surface area contributed by atoms with E-state index in [1.54, 1.807) is 11.3 Å². The first-order valence-electron chi connectivity index (χ1n) is 9.47. The van der Waals surface area contributed by atoms with Gasteiger partial charge in [-0.3, -0.25) is 14.5 Å². The molecule has 1 aliphatic rings. The number of pyridine rings is 1. The van der Waals surface area contributed by atoms with E-state index in [-0.39, 0.29) is 5.91 Å². The highest BCUT2D eigenvalue weighted by Gasteiger charge is 2.31. The van der Waals surface area contributed by atoms with Gasteiger partial charge in [-0.15, -0.1) is 11.3 Å². The molecule has 0 saturated carbocycles. The smallest absolute Gasteiger partial charge is 0.276 e. The van der Waals surface area contributed by atoms with Crippen LogP contribution in [0.1, 0.15) is 59.5 Å². The van der Waals surface area contributed by atoms with Gasteiger partial charge in [0.05, 0.1) is 11.4 Å². The maximum atomic E-state index is 12.9. The van der Waals surface area contributed by atoms with Gasteiger partial charge in [-0.25, -0.2) is 9.97 Å². The monoisotopic (exact) mass is 382 g/mol. The molecule has 142 valence electrons. The lowest BCUT2D eigenvalue weighted by atomic mass is 9.73. The van der Waals surface area contributed by atoms with E-state index in [1.165, 1.54) is 11.3 Å². The molecule has 5 nitrogen and oxygen atoms in total. The van der Waals surface area contributed by atoms with Gasteiger partial charge in [0.1, 0.15) is 11.3 Å². The molecule has 1 aliphatic carbocycles. The molecule has 1 atom stereocenters. The average Bonchev–Trinajstić information content (AvgIpc) is 3.11. The normalized spacial score (nSPS) is 17.1. The Morgan fingerprint density at radius 3 is 2.81 bits per heavy atom. The van der Waals surface area contributed by atoms with E-state index in [0.29, 0.717) is 22.2 Å². The summed E-state index contributed by atoms with van der Waals surface area (Å²) in [6.45, 7) is 10.8. The van der Waals surface area contributed by atoms with Crippen LogP contribution >= 0.6 is 11.3 Å². The summed E-state index contributed by atoms with van der Waals surface area (Å²) >= 11 is 1.62. The van der Waals surface area contributed by atoms with Crippen LogP contribution in [0.3, 0.4) is 0 Å². The summed E-state index contributed by atoms with van der Waals surface area (Å²) in [5.74, 6) is 0.514. The van der Waals surface area contributed by atoms with Crippen molar-refractivity contribution in [3.05, 3.63) is 45.9 Å². The highest BCUT2D eigenvalue weighted by molar-refractivity contribution is 7.15. The van der Waals surface area contributed by atoms with Crippen LogP contribution < -0.4 is 5.32 Å². The van der Waals surface area contributed by atoms with E-state index in [4.69, 9.17) is 4.98 Å². The van der Waals surface area contributed by atoms with Crippen LogP contribution in [0.4, 0.5) is 5.13 Å². The summed E-state index contributed by atoms with van der Waals surface area (Å²) < 4.78 is 1.85. The highest BCUT2D eigenvalue weighted by atomic mass is 32.1. The van der Waals surface area contributed by atoms with Crippen molar-refractivity contribution in [2.75, 3.05) is 5.32 Å². The maximum Gasteiger partial charge on any atom is 0.276 e. The number of nitrogens with one attached hydrogen (secondary N) is 1. The molecule has 0 aliphatic heterocycles. The fraction of sp³-hybridized carbons (Fsp3) is 0.476. The SMILES string of the molecule is Cc1ccn2c(C(=O)Nc3nc4c(s3)CC(C(C)(C)C)CC4)c(C)nc2c1. The van der Waals surface area contributed by atoms with Gasteiger partial charge < -0.3 is 0 Å². The van der Waals surface area contributed by atoms with Gasteiger partial charge >= 0.3 is 0 Å². The first-order chi connectivity index (χ1) is 12.7. The molecule has 1 N–H and O–H groups in total. The number of amides is 1. The number of imidazole rings is 1. The van der Waals surface area contributed by atoms with Gasteiger partial charge in [0.15, 0.2) is 5.13 Å². The van der Waals surface area contributed by atoms with E-state index >= 15 is 0 Å². The molecule has 0 aromatic carbocycles. The van der Waals surface area contributed by atoms with Crippen molar-refractivity contribution in [3.63, 3.8) is 0 Å². The predicted octanol–water partition coefficient (Wildman–Crippen LogP) is 4.81. The molecule has 3 aromatic rings. The zero-order chi connectivity index (χ0) is 19.3. The summed E-state index contributed by atoms with van der Waals surface area (Å²) in [5.41, 5.74) is 4.68. The van der Waals surface area contributed by atoms with Crippen molar-refractivity contribution in [1.82, 2.24) is 14.4 Å². The number of nitrogens with zero attached hydrogens (tertiary/aromatic N) is 3. The number of carbonyl (C=O) groups is 1. The number of anilines is 1. The molecule has 27 heavy (non-hydrogen) atoms. The Hall–Kier alpha value is -2.21. The van der Waals surface area contributed by atoms with Crippen LogP contribution in [0, 0.1) is 25.2 Å². The minimum absolute atomic E-state index is 0.151. The summed E-state index contributed by atoms with van der Waals surface area (Å²) in [6.07, 6.45) is 5.12. The molecule has 1 amide bonds. The Kier molecular flexibility index (Phi) is 4.34. The molecular weight excluding hydrogens is 356 g/mol. The van der Waals surface area contributed by atoms with Crippen molar-refractivity contribution < 1.29 is 4.79 Å². The second-order valence-electron chi connectivity index (χ2n) is 8.63. The van der Waals surface area contributed by atoms with E-state index in [0.717, 1.165) is 35.4 Å². The highest BCUT2D eigenvalue weighted by Crippen LogP contribution is 2.40. The first kappa shape index (κ1) is 18.2. The van der Waals surface area contributed by atoms with Crippen molar-refractivity contribution >= 4 is 28.0 Å². The third-order valence-corrected chi connectivity index (χ3v) is 6.59. The lowest BCUT2D eigenvalue weighted by Gasteiger charge is -2.33. The van der Waals surface area contributed by atoms with Crippen LogP contribution in [-0.4, -0.2) is 20.3 Å². The Morgan fingerprint density at radius 2 is 2.07 bits per heavy atom. The van der Waals surface area contributed by atoms with Gasteiger partial charge in [-0.2, -0.15) is 0 Å². The van der Waals surface area contributed by atoms with Crippen molar-refractivity contribution in [1.29, 1.82) is 0 Å². The van der Waals surface area contributed by atoms with E-state index in [2.05, 4.69) is 31.1 Å². The Balaban J connectivity index is 1.58. The lowest BCUT2D eigenvalue weighted by Crippen LogP contribution is -2.26. The van der Waals surface area contributed by atoms with Crippen LogP contribution in [-0.2, 0) is 12.8 Å². The van der Waals surface area contributed by atoms with Crippen molar-refractivity contribution in [3.8, 4) is 0 Å². The molecule has 4 rings (SSSR count). The Labute approximate surface area is 163 Å². The number of aromatic nitrogens is 3. The summed E-state index contributed by atoms with van der Waals surface area (Å²) in [7, 11) is 0. The third kappa shape index (κ3) is 3.38. The van der Waals surface area contributed by atoms with Crippen LogP contribution in [0.2, 0.25) is 0 Å². The largest absolute Gasteiger partial charge is 0.296 e. The second kappa shape index (κ2) is 6.44. The predicted molar refractivity (Wildman–Crippen MR) is 110 cm³/mol. The Morgan fingerprint density at radius 1 is 1.30 bits per heavy atom. The van der Waals surface area contributed by atoms with Gasteiger partial charge in [0.25, 0.3) is 5.91 Å². The molecular formula is C21H26N4OS. The van der Waals surface area contributed by atoms with Crippen LogP contribution in [0.5, 0.6) is 0 Å². The van der Waals surface area contributed by atoms with E-state index in [9.17, 15) is 4.79 Å². The summed E-state index contributed by atoms with van der Waals surface area (Å²) in [4.78, 5) is 23.5. The van der Waals surface area contributed by atoms with Gasteiger partial charge in [0, 0.05) is 11.1 Å². The summed E-state index contributed by atoms with van der Waals surface area (Å²) in [5, 5.41) is 3.71. The van der Waals surface area contributed by atoms with Crippen molar-refractivity contribution in [2.45, 2.75) is 53.9 Å². The molecule has 6 heteroatoms. The molecule has 3 aromatic heterocycles. The van der Waals surface area contributed by atoms with Crippen LogP contribution in [0.15, 0.2) is 18.3 Å². The number of aryl methyl sites for hydroxylation is 3. The number of fused-ring (bicyclic) bond motifs is 2. The Bertz CT molecular complexity index is 1020. The zero-order valence-corrected chi connectivity index (χ0v) is 17.4. The standard InChI is InChI=1S/C21H26N4OS/c1-12-8-9-25-17(10-12)22-13(2)18(25)19(26)24-20-23-15-7-6-14(21(3,4)5)11-16(15)27-20/h8-10,14H,6-7,11H2,1-5H3,(H,23,24,26). The number of thiazole rings is 1. The number of rotatable bonds is 2. The lowest BCUT2D eigenvalue weighted by molar-refractivity contribution is 0.102. The first-order valence-corrected chi connectivity index (χ1v) is 10.3. The van der Waals surface area contributed by atoms with Gasteiger partial charge in [-0.05, 0) is 62.1 Å². The quantitative estimate of drug-likeness (QED) is 0.692. The molecule has 0 spiro atoms. The maximum absolute atomic E-state index is 12.9. The minimum Gasteiger partial charge on any atom is -0.296 e. The van der Waals surface area contributed by atoms with Crippen molar-refractivity contribution in [2.24, 2.45) is 11.3 Å². The number of hydrogen-bond acceptors (Lipinski definition) is 4. The molecule has 0 saturated heterocycles. The fourth-order valence-electron chi connectivity index (χ4n) is 3.86. The second-order valence-corrected chi connectivity index (χ2v) is 9.71. The average molecular weight is 383 g/mol. The topological polar surface area (TPSA) is 59.3 Å². The zero-order valence-electron chi connectivity index (χ0n) is 16.6. The molecule has 0 radical (unpaired) electrons. The number of carbonyl (C=O) groups excluding carboxylic acids is 1. The fourth-order valence-corrected chi connectivity index (χ4v) is 4.94. The minimum atomic E-state index is -0.151.